The number of carbonyl (C=O) groups is 2. The van der Waals surface area contributed by atoms with Crippen LogP contribution in [0.1, 0.15) is 59.8 Å². The van der Waals surface area contributed by atoms with Crippen LogP contribution >= 0.6 is 0 Å². The molecule has 1 saturated heterocycles. The Kier molecular flexibility index (Phi) is 5.72. The second-order valence-electron chi connectivity index (χ2n) is 8.46. The number of nitrogens with zero attached hydrogens (tertiary/aromatic N) is 4. The minimum atomic E-state index is -0.0102. The summed E-state index contributed by atoms with van der Waals surface area (Å²) < 4.78 is 0. The van der Waals surface area contributed by atoms with Crippen molar-refractivity contribution in [1.29, 1.82) is 0 Å². The summed E-state index contributed by atoms with van der Waals surface area (Å²) in [6.45, 7) is 7.24. The SMILES string of the molecule is CC(C)C(=O)c1cccc([C@H]2CCCN(C(=O)CN3Cc4cncnc4C3)C2)c1. The van der Waals surface area contributed by atoms with Gasteiger partial charge in [0.25, 0.3) is 0 Å². The van der Waals surface area contributed by atoms with Crippen LogP contribution in [0.15, 0.2) is 36.8 Å². The molecule has 2 aliphatic rings. The molecule has 0 unspecified atom stereocenters. The van der Waals surface area contributed by atoms with Gasteiger partial charge in [-0.15, -0.1) is 0 Å². The summed E-state index contributed by atoms with van der Waals surface area (Å²) in [4.78, 5) is 37.8. The van der Waals surface area contributed by atoms with E-state index in [0.717, 1.165) is 54.9 Å². The Bertz CT molecular complexity index is 886. The van der Waals surface area contributed by atoms with Crippen LogP contribution in [0.2, 0.25) is 0 Å². The second-order valence-corrected chi connectivity index (χ2v) is 8.46. The third-order valence-electron chi connectivity index (χ3n) is 5.95. The molecule has 1 aromatic heterocycles. The molecule has 1 aromatic carbocycles. The van der Waals surface area contributed by atoms with E-state index in [1.54, 1.807) is 6.33 Å². The van der Waals surface area contributed by atoms with Gasteiger partial charge in [0.15, 0.2) is 5.78 Å². The number of carbonyl (C=O) groups excluding carboxylic acids is 2. The molecular weight excluding hydrogens is 364 g/mol. The van der Waals surface area contributed by atoms with E-state index in [2.05, 4.69) is 20.9 Å². The lowest BCUT2D eigenvalue weighted by atomic mass is 9.88. The molecule has 0 aliphatic carbocycles. The topological polar surface area (TPSA) is 66.4 Å². The summed E-state index contributed by atoms with van der Waals surface area (Å²) >= 11 is 0. The molecule has 2 aromatic rings. The highest BCUT2D eigenvalue weighted by Gasteiger charge is 2.28. The first kappa shape index (κ1) is 19.7. The summed E-state index contributed by atoms with van der Waals surface area (Å²) in [6.07, 6.45) is 5.45. The highest BCUT2D eigenvalue weighted by Crippen LogP contribution is 2.28. The zero-order valence-electron chi connectivity index (χ0n) is 17.2. The van der Waals surface area contributed by atoms with E-state index in [4.69, 9.17) is 0 Å². The smallest absolute Gasteiger partial charge is 0.236 e. The molecular formula is C23H28N4O2. The van der Waals surface area contributed by atoms with Gasteiger partial charge in [-0.3, -0.25) is 14.5 Å². The summed E-state index contributed by atoms with van der Waals surface area (Å²) in [7, 11) is 0. The molecule has 0 saturated carbocycles. The monoisotopic (exact) mass is 392 g/mol. The van der Waals surface area contributed by atoms with Crippen molar-refractivity contribution in [2.45, 2.75) is 45.7 Å². The third kappa shape index (κ3) is 4.37. The zero-order chi connectivity index (χ0) is 20.4. The minimum Gasteiger partial charge on any atom is -0.341 e. The Morgan fingerprint density at radius 2 is 2.10 bits per heavy atom. The van der Waals surface area contributed by atoms with Crippen molar-refractivity contribution in [2.24, 2.45) is 5.92 Å². The lowest BCUT2D eigenvalue weighted by Gasteiger charge is -2.34. The average Bonchev–Trinajstić information content (AvgIpc) is 3.15. The fourth-order valence-corrected chi connectivity index (χ4v) is 4.32. The highest BCUT2D eigenvalue weighted by molar-refractivity contribution is 5.97. The zero-order valence-corrected chi connectivity index (χ0v) is 17.2. The van der Waals surface area contributed by atoms with E-state index >= 15 is 0 Å². The van der Waals surface area contributed by atoms with Gasteiger partial charge in [-0.1, -0.05) is 32.0 Å². The van der Waals surface area contributed by atoms with Crippen molar-refractivity contribution >= 4 is 11.7 Å². The van der Waals surface area contributed by atoms with E-state index in [0.29, 0.717) is 13.1 Å². The number of benzene rings is 1. The number of hydrogen-bond donors (Lipinski definition) is 0. The van der Waals surface area contributed by atoms with Crippen LogP contribution in [0.5, 0.6) is 0 Å². The molecule has 1 fully saturated rings. The summed E-state index contributed by atoms with van der Waals surface area (Å²) in [6, 6.07) is 7.97. The van der Waals surface area contributed by atoms with E-state index < -0.39 is 0 Å². The lowest BCUT2D eigenvalue weighted by Crippen LogP contribution is -2.43. The van der Waals surface area contributed by atoms with Crippen molar-refractivity contribution in [2.75, 3.05) is 19.6 Å². The number of hydrogen-bond acceptors (Lipinski definition) is 5. The lowest BCUT2D eigenvalue weighted by molar-refractivity contribution is -0.133. The van der Waals surface area contributed by atoms with Crippen molar-refractivity contribution in [1.82, 2.24) is 19.8 Å². The second kappa shape index (κ2) is 8.41. The molecule has 0 bridgehead atoms. The van der Waals surface area contributed by atoms with Crippen molar-refractivity contribution < 1.29 is 9.59 Å². The van der Waals surface area contributed by atoms with Gasteiger partial charge in [0.05, 0.1) is 12.2 Å². The van der Waals surface area contributed by atoms with Gasteiger partial charge in [-0.25, -0.2) is 9.97 Å². The predicted molar refractivity (Wildman–Crippen MR) is 110 cm³/mol. The molecule has 29 heavy (non-hydrogen) atoms. The Morgan fingerprint density at radius 1 is 1.24 bits per heavy atom. The van der Waals surface area contributed by atoms with Crippen molar-refractivity contribution in [3.05, 3.63) is 59.2 Å². The number of likely N-dealkylation sites (tertiary alicyclic amines) is 1. The van der Waals surface area contributed by atoms with E-state index in [1.807, 2.05) is 43.1 Å². The largest absolute Gasteiger partial charge is 0.341 e. The quantitative estimate of drug-likeness (QED) is 0.732. The Hall–Kier alpha value is -2.60. The Morgan fingerprint density at radius 3 is 2.90 bits per heavy atom. The number of rotatable bonds is 5. The van der Waals surface area contributed by atoms with E-state index in [9.17, 15) is 9.59 Å². The molecule has 0 radical (unpaired) electrons. The molecule has 6 heteroatoms. The van der Waals surface area contributed by atoms with Gasteiger partial charge in [0, 0.05) is 55.3 Å². The summed E-state index contributed by atoms with van der Waals surface area (Å²) in [5.74, 6) is 0.621. The van der Waals surface area contributed by atoms with Crippen LogP contribution in [0.25, 0.3) is 0 Å². The van der Waals surface area contributed by atoms with Gasteiger partial charge in [0.2, 0.25) is 5.91 Å². The molecule has 0 N–H and O–H groups in total. The number of fused-ring (bicyclic) bond motifs is 1. The summed E-state index contributed by atoms with van der Waals surface area (Å²) in [5.41, 5.74) is 4.08. The normalized spacial score (nSPS) is 19.4. The molecule has 6 nitrogen and oxygen atoms in total. The number of piperidine rings is 1. The minimum absolute atomic E-state index is 0.0102. The molecule has 152 valence electrons. The standard InChI is InChI=1S/C23H28N4O2/c1-16(2)23(29)18-6-3-5-17(9-18)19-7-4-8-27(12-19)22(28)14-26-11-20-10-24-15-25-21(20)13-26/h3,5-6,9-10,15-16,19H,4,7-8,11-14H2,1-2H3/t19-/m0/s1. The molecule has 2 aliphatic heterocycles. The molecule has 1 amide bonds. The Balaban J connectivity index is 1.39. The van der Waals surface area contributed by atoms with Crippen LogP contribution in [-0.2, 0) is 17.9 Å². The fourth-order valence-electron chi connectivity index (χ4n) is 4.32. The van der Waals surface area contributed by atoms with Crippen molar-refractivity contribution in [3.8, 4) is 0 Å². The average molecular weight is 393 g/mol. The van der Waals surface area contributed by atoms with Gasteiger partial charge < -0.3 is 4.90 Å². The maximum absolute atomic E-state index is 12.9. The highest BCUT2D eigenvalue weighted by atomic mass is 16.2. The fraction of sp³-hybridized carbons (Fsp3) is 0.478. The third-order valence-corrected chi connectivity index (χ3v) is 5.95. The first-order valence-electron chi connectivity index (χ1n) is 10.4. The summed E-state index contributed by atoms with van der Waals surface area (Å²) in [5, 5.41) is 0. The van der Waals surface area contributed by atoms with E-state index in [1.165, 1.54) is 0 Å². The number of Topliss-reactive ketones (excluding diaryl/α,β-unsaturated/α-hetero) is 1. The first-order chi connectivity index (χ1) is 14.0. The van der Waals surface area contributed by atoms with Crippen LogP contribution in [0.3, 0.4) is 0 Å². The molecule has 3 heterocycles. The van der Waals surface area contributed by atoms with Crippen molar-refractivity contribution in [3.63, 3.8) is 0 Å². The molecule has 1 atom stereocenters. The Labute approximate surface area is 172 Å². The van der Waals surface area contributed by atoms with Crippen LogP contribution < -0.4 is 0 Å². The number of ketones is 1. The predicted octanol–water partition coefficient (Wildman–Crippen LogP) is 3.04. The maximum Gasteiger partial charge on any atom is 0.236 e. The van der Waals surface area contributed by atoms with Gasteiger partial charge in [-0.2, -0.15) is 0 Å². The number of amides is 1. The van der Waals surface area contributed by atoms with Gasteiger partial charge in [0.1, 0.15) is 6.33 Å². The first-order valence-corrected chi connectivity index (χ1v) is 10.4. The van der Waals surface area contributed by atoms with Gasteiger partial charge in [-0.05, 0) is 24.5 Å². The van der Waals surface area contributed by atoms with Crippen LogP contribution in [-0.4, -0.2) is 51.1 Å². The molecule has 4 rings (SSSR count). The molecule has 0 spiro atoms. The van der Waals surface area contributed by atoms with Gasteiger partial charge >= 0.3 is 0 Å². The maximum atomic E-state index is 12.9. The van der Waals surface area contributed by atoms with E-state index in [-0.39, 0.29) is 23.5 Å². The van der Waals surface area contributed by atoms with Crippen LogP contribution in [0, 0.1) is 5.92 Å². The number of aromatic nitrogens is 2. The van der Waals surface area contributed by atoms with Crippen LogP contribution in [0.4, 0.5) is 0 Å².